The highest BCUT2D eigenvalue weighted by molar-refractivity contribution is 7.11. The lowest BCUT2D eigenvalue weighted by Gasteiger charge is -2.31. The molecule has 0 fully saturated rings. The van der Waals surface area contributed by atoms with E-state index < -0.39 is 17.9 Å². The lowest BCUT2D eigenvalue weighted by Crippen LogP contribution is -2.34. The van der Waals surface area contributed by atoms with Gasteiger partial charge in [0.1, 0.15) is 16.6 Å². The first-order chi connectivity index (χ1) is 15.8. The molecule has 1 aliphatic rings. The van der Waals surface area contributed by atoms with Crippen molar-refractivity contribution >= 4 is 46.5 Å². The number of nitrogens with zero attached hydrogens (tertiary/aromatic N) is 2. The monoisotopic (exact) mass is 511 g/mol. The first-order valence-electron chi connectivity index (χ1n) is 10.0. The molecule has 0 aliphatic carbocycles. The molecule has 8 nitrogen and oxygen atoms in total. The minimum Gasteiger partial charge on any atom is -0.466 e. The number of carbonyl (C=O) groups excluding carboxylic acids is 2. The number of hydrogen-bond acceptors (Lipinski definition) is 9. The molecule has 0 radical (unpaired) electrons. The molecule has 1 atom stereocenters. The average Bonchev–Trinajstić information content (AvgIpc) is 3.19. The van der Waals surface area contributed by atoms with Crippen LogP contribution in [0.4, 0.5) is 0 Å². The minimum atomic E-state index is -0.869. The van der Waals surface area contributed by atoms with Crippen LogP contribution < -0.4 is 5.32 Å². The molecule has 33 heavy (non-hydrogen) atoms. The maximum absolute atomic E-state index is 13.1. The predicted molar refractivity (Wildman–Crippen MR) is 125 cm³/mol. The molecule has 1 aromatic heterocycles. The molecule has 2 aromatic rings. The first-order valence-corrected chi connectivity index (χ1v) is 11.6. The van der Waals surface area contributed by atoms with Crippen LogP contribution in [0.15, 0.2) is 40.7 Å². The summed E-state index contributed by atoms with van der Waals surface area (Å²) in [5, 5.41) is 13.2. The fraction of sp³-hybridized carbons (Fsp3) is 0.364. The number of hydrogen-bond donors (Lipinski definition) is 1. The third-order valence-electron chi connectivity index (χ3n) is 4.88. The van der Waals surface area contributed by atoms with Crippen molar-refractivity contribution in [3.8, 4) is 0 Å². The van der Waals surface area contributed by atoms with E-state index >= 15 is 0 Å². The van der Waals surface area contributed by atoms with Gasteiger partial charge in [-0.15, -0.1) is 10.2 Å². The molecule has 1 N–H and O–H groups in total. The van der Waals surface area contributed by atoms with E-state index in [2.05, 4.69) is 15.5 Å². The quantitative estimate of drug-likeness (QED) is 0.523. The summed E-state index contributed by atoms with van der Waals surface area (Å²) in [6.45, 7) is 5.66. The van der Waals surface area contributed by atoms with Crippen LogP contribution in [0.1, 0.15) is 35.3 Å². The molecule has 176 valence electrons. The van der Waals surface area contributed by atoms with E-state index in [4.69, 9.17) is 37.4 Å². The molecule has 0 amide bonds. The first kappa shape index (κ1) is 25.2. The molecule has 1 aromatic carbocycles. The minimum absolute atomic E-state index is 0.0350. The Labute approximate surface area is 205 Å². The SMILES string of the molecule is CCOC(=O)C1=C(COCc2nnc(C)s2)NC(C)=C(C(=O)OC)C1c1cccc(Cl)c1Cl. The zero-order chi connectivity index (χ0) is 24.1. The van der Waals surface area contributed by atoms with Gasteiger partial charge in [0, 0.05) is 5.70 Å². The maximum Gasteiger partial charge on any atom is 0.336 e. The van der Waals surface area contributed by atoms with Crippen LogP contribution in [0, 0.1) is 6.92 Å². The molecule has 0 saturated heterocycles. The van der Waals surface area contributed by atoms with Gasteiger partial charge in [0.05, 0.1) is 53.1 Å². The second-order valence-corrected chi connectivity index (χ2v) is 9.10. The van der Waals surface area contributed by atoms with Crippen LogP contribution in [0.3, 0.4) is 0 Å². The Balaban J connectivity index is 2.09. The largest absolute Gasteiger partial charge is 0.466 e. The summed E-state index contributed by atoms with van der Waals surface area (Å²) in [7, 11) is 1.27. The second-order valence-electron chi connectivity index (χ2n) is 7.05. The molecule has 0 spiro atoms. The molecule has 0 bridgehead atoms. The Morgan fingerprint density at radius 1 is 1.12 bits per heavy atom. The van der Waals surface area contributed by atoms with Crippen LogP contribution >= 0.6 is 34.5 Å². The van der Waals surface area contributed by atoms with Gasteiger partial charge in [0.25, 0.3) is 0 Å². The Bertz CT molecular complexity index is 1130. The molecule has 3 rings (SSSR count). The molecule has 11 heteroatoms. The van der Waals surface area contributed by atoms with Gasteiger partial charge in [0.15, 0.2) is 0 Å². The van der Waals surface area contributed by atoms with Crippen molar-refractivity contribution in [3.05, 3.63) is 66.4 Å². The van der Waals surface area contributed by atoms with Crippen molar-refractivity contribution in [1.82, 2.24) is 15.5 Å². The molecule has 1 unspecified atom stereocenters. The van der Waals surface area contributed by atoms with Gasteiger partial charge in [0.2, 0.25) is 0 Å². The van der Waals surface area contributed by atoms with Crippen molar-refractivity contribution < 1.29 is 23.8 Å². The van der Waals surface area contributed by atoms with E-state index in [1.165, 1.54) is 18.4 Å². The number of dihydropyridines is 1. The third-order valence-corrected chi connectivity index (χ3v) is 6.52. The van der Waals surface area contributed by atoms with Gasteiger partial charge >= 0.3 is 11.9 Å². The van der Waals surface area contributed by atoms with E-state index in [0.717, 1.165) is 5.01 Å². The summed E-state index contributed by atoms with van der Waals surface area (Å²) in [6, 6.07) is 5.04. The van der Waals surface area contributed by atoms with Crippen molar-refractivity contribution in [2.75, 3.05) is 20.3 Å². The van der Waals surface area contributed by atoms with Crippen molar-refractivity contribution in [3.63, 3.8) is 0 Å². The molecule has 1 aliphatic heterocycles. The van der Waals surface area contributed by atoms with E-state index in [1.807, 2.05) is 6.92 Å². The van der Waals surface area contributed by atoms with Crippen molar-refractivity contribution in [2.24, 2.45) is 0 Å². The number of halogens is 2. The average molecular weight is 512 g/mol. The number of aromatic nitrogens is 2. The van der Waals surface area contributed by atoms with Gasteiger partial charge in [-0.25, -0.2) is 9.59 Å². The van der Waals surface area contributed by atoms with Gasteiger partial charge in [-0.2, -0.15) is 0 Å². The third kappa shape index (κ3) is 5.55. The highest BCUT2D eigenvalue weighted by Gasteiger charge is 2.40. The molecule has 2 heterocycles. The number of carbonyl (C=O) groups is 2. The number of ether oxygens (including phenoxy) is 3. The lowest BCUT2D eigenvalue weighted by molar-refractivity contribution is -0.139. The number of methoxy groups -OCH3 is 1. The van der Waals surface area contributed by atoms with Crippen LogP contribution in [0.5, 0.6) is 0 Å². The predicted octanol–water partition coefficient (Wildman–Crippen LogP) is 4.32. The summed E-state index contributed by atoms with van der Waals surface area (Å²) in [5.41, 5.74) is 1.85. The van der Waals surface area contributed by atoms with E-state index in [9.17, 15) is 9.59 Å². The van der Waals surface area contributed by atoms with Gasteiger partial charge in [-0.05, 0) is 32.4 Å². The number of aryl methyl sites for hydroxylation is 1. The van der Waals surface area contributed by atoms with Crippen molar-refractivity contribution in [1.29, 1.82) is 0 Å². The fourth-order valence-corrected chi connectivity index (χ4v) is 4.59. The topological polar surface area (TPSA) is 99.6 Å². The van der Waals surface area contributed by atoms with Crippen LogP contribution in [0.2, 0.25) is 10.0 Å². The summed E-state index contributed by atoms with van der Waals surface area (Å²) in [5.74, 6) is -2.08. The summed E-state index contributed by atoms with van der Waals surface area (Å²) in [4.78, 5) is 25.9. The second kappa shape index (κ2) is 11.1. The maximum atomic E-state index is 13.1. The van der Waals surface area contributed by atoms with Crippen molar-refractivity contribution in [2.45, 2.75) is 33.3 Å². The zero-order valence-corrected chi connectivity index (χ0v) is 20.9. The highest BCUT2D eigenvalue weighted by atomic mass is 35.5. The standard InChI is InChI=1S/C22H23Cl2N3O5S/c1-5-32-22(29)19-15(9-31-10-16-27-26-12(3)33-16)25-11(2)17(21(28)30-4)18(19)13-7-6-8-14(23)20(13)24/h6-8,18,25H,5,9-10H2,1-4H3. The van der Waals surface area contributed by atoms with E-state index in [0.29, 0.717) is 27.0 Å². The Morgan fingerprint density at radius 3 is 2.52 bits per heavy atom. The normalized spacial score (nSPS) is 16.0. The Kier molecular flexibility index (Phi) is 8.47. The summed E-state index contributed by atoms with van der Waals surface area (Å²) < 4.78 is 16.2. The number of benzene rings is 1. The van der Waals surface area contributed by atoms with Gasteiger partial charge in [-0.1, -0.05) is 46.7 Å². The van der Waals surface area contributed by atoms with Crippen LogP contribution in [0.25, 0.3) is 0 Å². The Morgan fingerprint density at radius 2 is 1.88 bits per heavy atom. The number of nitrogens with one attached hydrogen (secondary N) is 1. The highest BCUT2D eigenvalue weighted by Crippen LogP contribution is 2.43. The van der Waals surface area contributed by atoms with Gasteiger partial charge in [-0.3, -0.25) is 0 Å². The van der Waals surface area contributed by atoms with E-state index in [1.54, 1.807) is 32.0 Å². The fourth-order valence-electron chi connectivity index (χ4n) is 3.53. The van der Waals surface area contributed by atoms with Gasteiger partial charge < -0.3 is 19.5 Å². The zero-order valence-electron chi connectivity index (χ0n) is 18.5. The number of esters is 2. The van der Waals surface area contributed by atoms with E-state index in [-0.39, 0.29) is 36.0 Å². The molecule has 0 saturated carbocycles. The Hall–Kier alpha value is -2.46. The number of allylic oxidation sites excluding steroid dienone is 1. The molecular weight excluding hydrogens is 489 g/mol. The smallest absolute Gasteiger partial charge is 0.336 e. The van der Waals surface area contributed by atoms with Crippen LogP contribution in [-0.4, -0.2) is 42.5 Å². The lowest BCUT2D eigenvalue weighted by atomic mass is 9.80. The van der Waals surface area contributed by atoms with Crippen LogP contribution in [-0.2, 0) is 30.4 Å². The summed E-state index contributed by atoms with van der Waals surface area (Å²) >= 11 is 14.2. The number of rotatable bonds is 8. The molecular formula is C22H23Cl2N3O5S. The summed E-state index contributed by atoms with van der Waals surface area (Å²) in [6.07, 6.45) is 0.